The SMILES string of the molecule is CCCOCCOC(CO)C(N)CC. The highest BCUT2D eigenvalue weighted by Crippen LogP contribution is 2.00. The predicted octanol–water partition coefficient (Wildman–Crippen LogP) is 0.528. The fraction of sp³-hybridized carbons (Fsp3) is 1.00. The fourth-order valence-corrected chi connectivity index (χ4v) is 1.08. The molecule has 2 unspecified atom stereocenters. The fourth-order valence-electron chi connectivity index (χ4n) is 1.08. The first-order valence-corrected chi connectivity index (χ1v) is 5.32. The molecule has 0 heterocycles. The van der Waals surface area contributed by atoms with Gasteiger partial charge in [0.1, 0.15) is 0 Å². The summed E-state index contributed by atoms with van der Waals surface area (Å²) in [7, 11) is 0. The maximum absolute atomic E-state index is 8.98. The van der Waals surface area contributed by atoms with E-state index >= 15 is 0 Å². The summed E-state index contributed by atoms with van der Waals surface area (Å²) in [6.07, 6.45) is 1.56. The van der Waals surface area contributed by atoms with Crippen LogP contribution in [0.3, 0.4) is 0 Å². The van der Waals surface area contributed by atoms with E-state index in [1.165, 1.54) is 0 Å². The molecule has 0 aromatic carbocycles. The lowest BCUT2D eigenvalue weighted by atomic mass is 10.1. The molecule has 4 heteroatoms. The van der Waals surface area contributed by atoms with Crippen LogP contribution in [0.25, 0.3) is 0 Å². The molecular weight excluding hydrogens is 182 g/mol. The van der Waals surface area contributed by atoms with Crippen molar-refractivity contribution >= 4 is 0 Å². The minimum atomic E-state index is -0.259. The molecule has 0 aliphatic heterocycles. The molecule has 0 rings (SSSR count). The van der Waals surface area contributed by atoms with Crippen molar-refractivity contribution in [2.45, 2.75) is 38.8 Å². The van der Waals surface area contributed by atoms with Gasteiger partial charge < -0.3 is 20.3 Å². The number of hydrogen-bond donors (Lipinski definition) is 2. The average Bonchev–Trinajstić information content (AvgIpc) is 2.22. The zero-order valence-electron chi connectivity index (χ0n) is 9.24. The van der Waals surface area contributed by atoms with E-state index in [0.717, 1.165) is 19.4 Å². The third-order valence-corrected chi connectivity index (χ3v) is 2.04. The Morgan fingerprint density at radius 3 is 2.43 bits per heavy atom. The van der Waals surface area contributed by atoms with Gasteiger partial charge in [-0.05, 0) is 12.8 Å². The van der Waals surface area contributed by atoms with Crippen molar-refractivity contribution in [1.29, 1.82) is 0 Å². The molecule has 0 spiro atoms. The Labute approximate surface area is 86.4 Å². The minimum absolute atomic E-state index is 0.0250. The second-order valence-electron chi connectivity index (χ2n) is 3.28. The van der Waals surface area contributed by atoms with E-state index in [-0.39, 0.29) is 18.8 Å². The Kier molecular flexibility index (Phi) is 9.29. The van der Waals surface area contributed by atoms with Crippen LogP contribution in [0.1, 0.15) is 26.7 Å². The molecule has 4 nitrogen and oxygen atoms in total. The molecule has 0 aliphatic carbocycles. The van der Waals surface area contributed by atoms with Gasteiger partial charge in [-0.3, -0.25) is 0 Å². The Bertz CT molecular complexity index is 122. The van der Waals surface area contributed by atoms with E-state index in [9.17, 15) is 0 Å². The Balaban J connectivity index is 3.42. The first kappa shape index (κ1) is 13.8. The van der Waals surface area contributed by atoms with Gasteiger partial charge in [-0.2, -0.15) is 0 Å². The monoisotopic (exact) mass is 205 g/mol. The van der Waals surface area contributed by atoms with Crippen LogP contribution in [0, 0.1) is 0 Å². The van der Waals surface area contributed by atoms with Crippen LogP contribution in [-0.4, -0.2) is 43.7 Å². The lowest BCUT2D eigenvalue weighted by Gasteiger charge is -2.21. The Morgan fingerprint density at radius 1 is 1.21 bits per heavy atom. The minimum Gasteiger partial charge on any atom is -0.394 e. The highest BCUT2D eigenvalue weighted by molar-refractivity contribution is 4.70. The second-order valence-corrected chi connectivity index (χ2v) is 3.28. The number of aliphatic hydroxyl groups is 1. The summed E-state index contributed by atoms with van der Waals surface area (Å²) in [5, 5.41) is 8.98. The van der Waals surface area contributed by atoms with Gasteiger partial charge in [-0.25, -0.2) is 0 Å². The van der Waals surface area contributed by atoms with E-state index < -0.39 is 0 Å². The van der Waals surface area contributed by atoms with Crippen LogP contribution in [0.2, 0.25) is 0 Å². The molecule has 86 valence electrons. The maximum atomic E-state index is 8.98. The molecule has 0 aromatic heterocycles. The number of nitrogens with two attached hydrogens (primary N) is 1. The van der Waals surface area contributed by atoms with Gasteiger partial charge in [0.15, 0.2) is 0 Å². The highest BCUT2D eigenvalue weighted by atomic mass is 16.5. The number of hydrogen-bond acceptors (Lipinski definition) is 4. The molecule has 14 heavy (non-hydrogen) atoms. The van der Waals surface area contributed by atoms with Gasteiger partial charge in [-0.1, -0.05) is 13.8 Å². The molecule has 0 saturated carbocycles. The lowest BCUT2D eigenvalue weighted by Crippen LogP contribution is -2.39. The van der Waals surface area contributed by atoms with Gasteiger partial charge in [0, 0.05) is 12.6 Å². The zero-order chi connectivity index (χ0) is 10.8. The highest BCUT2D eigenvalue weighted by Gasteiger charge is 2.15. The number of ether oxygens (including phenoxy) is 2. The van der Waals surface area contributed by atoms with E-state index in [1.54, 1.807) is 0 Å². The maximum Gasteiger partial charge on any atom is 0.0957 e. The van der Waals surface area contributed by atoms with Crippen LogP contribution < -0.4 is 5.73 Å². The molecule has 2 atom stereocenters. The summed E-state index contributed by atoms with van der Waals surface area (Å²) in [6.45, 7) is 5.84. The van der Waals surface area contributed by atoms with Crippen LogP contribution in [0.5, 0.6) is 0 Å². The van der Waals surface area contributed by atoms with E-state index in [2.05, 4.69) is 6.92 Å². The van der Waals surface area contributed by atoms with Gasteiger partial charge in [0.25, 0.3) is 0 Å². The van der Waals surface area contributed by atoms with Crippen molar-refractivity contribution < 1.29 is 14.6 Å². The normalized spacial score (nSPS) is 15.4. The summed E-state index contributed by atoms with van der Waals surface area (Å²) < 4.78 is 10.6. The number of rotatable bonds is 9. The van der Waals surface area contributed by atoms with Crippen LogP contribution in [0.15, 0.2) is 0 Å². The smallest absolute Gasteiger partial charge is 0.0957 e. The first-order chi connectivity index (χ1) is 6.76. The Morgan fingerprint density at radius 2 is 1.93 bits per heavy atom. The largest absolute Gasteiger partial charge is 0.394 e. The molecule has 0 aromatic rings. The van der Waals surface area contributed by atoms with Crippen LogP contribution in [0.4, 0.5) is 0 Å². The lowest BCUT2D eigenvalue weighted by molar-refractivity contribution is -0.0303. The number of aliphatic hydroxyl groups excluding tert-OH is 1. The van der Waals surface area contributed by atoms with Crippen LogP contribution in [-0.2, 0) is 9.47 Å². The summed E-state index contributed by atoms with van der Waals surface area (Å²) in [6, 6.07) is -0.0915. The quantitative estimate of drug-likeness (QED) is 0.539. The molecule has 0 bridgehead atoms. The third-order valence-electron chi connectivity index (χ3n) is 2.04. The van der Waals surface area contributed by atoms with Crippen molar-refractivity contribution in [3.05, 3.63) is 0 Å². The van der Waals surface area contributed by atoms with Crippen molar-refractivity contribution in [2.75, 3.05) is 26.4 Å². The van der Waals surface area contributed by atoms with E-state index in [1.807, 2.05) is 6.92 Å². The Hall–Kier alpha value is -0.160. The standard InChI is InChI=1S/C10H23NO3/c1-3-5-13-6-7-14-10(8-12)9(11)4-2/h9-10,12H,3-8,11H2,1-2H3. The summed E-state index contributed by atoms with van der Waals surface area (Å²) in [4.78, 5) is 0. The molecule has 3 N–H and O–H groups in total. The molecule has 0 radical (unpaired) electrons. The molecule has 0 saturated heterocycles. The molecule has 0 aliphatic rings. The first-order valence-electron chi connectivity index (χ1n) is 5.32. The van der Waals surface area contributed by atoms with Crippen molar-refractivity contribution in [3.63, 3.8) is 0 Å². The van der Waals surface area contributed by atoms with Crippen molar-refractivity contribution in [2.24, 2.45) is 5.73 Å². The molecular formula is C10H23NO3. The van der Waals surface area contributed by atoms with Gasteiger partial charge >= 0.3 is 0 Å². The summed E-state index contributed by atoms with van der Waals surface area (Å²) in [5.74, 6) is 0. The van der Waals surface area contributed by atoms with Gasteiger partial charge in [-0.15, -0.1) is 0 Å². The topological polar surface area (TPSA) is 64.7 Å². The summed E-state index contributed by atoms with van der Waals surface area (Å²) in [5.41, 5.74) is 5.74. The average molecular weight is 205 g/mol. The molecule has 0 fully saturated rings. The predicted molar refractivity (Wildman–Crippen MR) is 56.2 cm³/mol. The van der Waals surface area contributed by atoms with Crippen molar-refractivity contribution in [3.8, 4) is 0 Å². The summed E-state index contributed by atoms with van der Waals surface area (Å²) >= 11 is 0. The third kappa shape index (κ3) is 6.32. The zero-order valence-corrected chi connectivity index (χ0v) is 9.24. The van der Waals surface area contributed by atoms with E-state index in [4.69, 9.17) is 20.3 Å². The second kappa shape index (κ2) is 9.40. The van der Waals surface area contributed by atoms with Gasteiger partial charge in [0.05, 0.1) is 25.9 Å². The van der Waals surface area contributed by atoms with Gasteiger partial charge in [0.2, 0.25) is 0 Å². The molecule has 0 amide bonds. The van der Waals surface area contributed by atoms with Crippen molar-refractivity contribution in [1.82, 2.24) is 0 Å². The van der Waals surface area contributed by atoms with E-state index in [0.29, 0.717) is 13.2 Å². The van der Waals surface area contributed by atoms with Crippen LogP contribution >= 0.6 is 0 Å².